The molecule has 10 aromatic carbocycles. The molecule has 0 bridgehead atoms. The van der Waals surface area contributed by atoms with E-state index in [4.69, 9.17) is 9.47 Å². The summed E-state index contributed by atoms with van der Waals surface area (Å²) < 4.78 is 13.0. The minimum absolute atomic E-state index is 0.0521. The zero-order valence-electron chi connectivity index (χ0n) is 28.6. The van der Waals surface area contributed by atoms with Crippen LogP contribution in [-0.4, -0.2) is 6.71 Å². The van der Waals surface area contributed by atoms with Crippen molar-refractivity contribution in [2.45, 2.75) is 0 Å². The van der Waals surface area contributed by atoms with Crippen molar-refractivity contribution in [3.63, 3.8) is 0 Å². The van der Waals surface area contributed by atoms with E-state index in [0.29, 0.717) is 0 Å². The third-order valence-electron chi connectivity index (χ3n) is 11.6. The fourth-order valence-corrected chi connectivity index (χ4v) is 9.22. The molecule has 0 fully saturated rings. The molecular weight excluding hydrogens is 643 g/mol. The van der Waals surface area contributed by atoms with Crippen LogP contribution in [0.3, 0.4) is 0 Å². The van der Waals surface area contributed by atoms with Crippen LogP contribution in [0.5, 0.6) is 23.0 Å². The van der Waals surface area contributed by atoms with Gasteiger partial charge in [0.1, 0.15) is 23.0 Å². The summed E-state index contributed by atoms with van der Waals surface area (Å²) in [5.74, 6) is 3.52. The van der Waals surface area contributed by atoms with Gasteiger partial charge in [-0.3, -0.25) is 0 Å². The Morgan fingerprint density at radius 1 is 0.283 bits per heavy atom. The molecule has 244 valence electrons. The number of hydrogen-bond donors (Lipinski definition) is 0. The van der Waals surface area contributed by atoms with Gasteiger partial charge in [0.2, 0.25) is 0 Å². The van der Waals surface area contributed by atoms with Gasteiger partial charge in [0.15, 0.2) is 0 Å². The van der Waals surface area contributed by atoms with Crippen LogP contribution < -0.4 is 25.9 Å². The zero-order valence-corrected chi connectivity index (χ0v) is 28.6. The van der Waals surface area contributed by atoms with Gasteiger partial charge in [-0.1, -0.05) is 140 Å². The fourth-order valence-electron chi connectivity index (χ4n) is 9.22. The minimum Gasteiger partial charge on any atom is -0.458 e. The smallest absolute Gasteiger partial charge is 0.260 e. The van der Waals surface area contributed by atoms with Crippen molar-refractivity contribution in [3.8, 4) is 45.3 Å². The Morgan fingerprint density at radius 3 is 1.43 bits per heavy atom. The first kappa shape index (κ1) is 28.8. The normalized spacial score (nSPS) is 12.8. The standard InChI is InChI=1S/C50H29BO2/c1-2-11-30(12-3-1)31-21-24-36-37-25-22-32(28-41(37)49-39-16-7-5-14-35(39)34-13-4-6-15-38(34)48(49)40(36)27-31)33-23-26-43-47(29-33)53-46-20-10-19-45-50(46)51(43)42-17-8-9-18-44(42)52-45/h1-29H. The summed E-state index contributed by atoms with van der Waals surface area (Å²) in [4.78, 5) is 0. The van der Waals surface area contributed by atoms with Crippen molar-refractivity contribution in [1.82, 2.24) is 0 Å². The molecule has 10 aromatic rings. The van der Waals surface area contributed by atoms with E-state index in [1.54, 1.807) is 0 Å². The van der Waals surface area contributed by atoms with Gasteiger partial charge in [-0.15, -0.1) is 0 Å². The van der Waals surface area contributed by atoms with Gasteiger partial charge in [-0.25, -0.2) is 0 Å². The lowest BCUT2D eigenvalue weighted by molar-refractivity contribution is 0.464. The Bertz CT molecular complexity index is 3180. The highest BCUT2D eigenvalue weighted by atomic mass is 16.5. The molecule has 0 radical (unpaired) electrons. The van der Waals surface area contributed by atoms with E-state index >= 15 is 0 Å². The van der Waals surface area contributed by atoms with Gasteiger partial charge in [0.25, 0.3) is 6.71 Å². The third kappa shape index (κ3) is 4.11. The highest BCUT2D eigenvalue weighted by Gasteiger charge is 2.39. The van der Waals surface area contributed by atoms with Crippen LogP contribution in [0, 0.1) is 0 Å². The number of fused-ring (bicyclic) bond motifs is 15. The average molecular weight is 673 g/mol. The molecule has 0 aliphatic carbocycles. The van der Waals surface area contributed by atoms with Crippen molar-refractivity contribution in [2.75, 3.05) is 0 Å². The molecule has 2 aliphatic heterocycles. The number of ether oxygens (including phenoxy) is 2. The summed E-state index contributed by atoms with van der Waals surface area (Å²) in [7, 11) is 0. The molecule has 2 aliphatic rings. The predicted molar refractivity (Wildman–Crippen MR) is 223 cm³/mol. The summed E-state index contributed by atoms with van der Waals surface area (Å²) in [5.41, 5.74) is 8.17. The lowest BCUT2D eigenvalue weighted by Gasteiger charge is -2.32. The summed E-state index contributed by atoms with van der Waals surface area (Å²) in [6, 6.07) is 63.8. The maximum Gasteiger partial charge on any atom is 0.260 e. The third-order valence-corrected chi connectivity index (χ3v) is 11.6. The number of para-hydroxylation sites is 1. The lowest BCUT2D eigenvalue weighted by Crippen LogP contribution is -2.57. The molecule has 12 rings (SSSR count). The second-order valence-electron chi connectivity index (χ2n) is 14.3. The Balaban J connectivity index is 1.13. The number of benzene rings is 10. The van der Waals surface area contributed by atoms with Gasteiger partial charge in [-0.2, -0.15) is 0 Å². The van der Waals surface area contributed by atoms with Gasteiger partial charge < -0.3 is 9.47 Å². The first-order chi connectivity index (χ1) is 26.3. The second kappa shape index (κ2) is 10.8. The van der Waals surface area contributed by atoms with Crippen molar-refractivity contribution in [2.24, 2.45) is 0 Å². The van der Waals surface area contributed by atoms with E-state index in [9.17, 15) is 0 Å². The Hall–Kier alpha value is -6.84. The van der Waals surface area contributed by atoms with E-state index in [1.807, 2.05) is 18.2 Å². The van der Waals surface area contributed by atoms with Gasteiger partial charge in [-0.05, 0) is 123 Å². The predicted octanol–water partition coefficient (Wildman–Crippen LogP) is 11.5. The van der Waals surface area contributed by atoms with E-state index in [0.717, 1.165) is 45.1 Å². The van der Waals surface area contributed by atoms with Crippen LogP contribution in [0.2, 0.25) is 0 Å². The van der Waals surface area contributed by atoms with Crippen molar-refractivity contribution < 1.29 is 9.47 Å². The Kier molecular flexibility index (Phi) is 5.89. The average Bonchev–Trinajstić information content (AvgIpc) is 3.23. The van der Waals surface area contributed by atoms with Crippen LogP contribution in [0.15, 0.2) is 176 Å². The maximum atomic E-state index is 6.69. The lowest BCUT2D eigenvalue weighted by atomic mass is 9.35. The monoisotopic (exact) mass is 672 g/mol. The molecule has 0 saturated carbocycles. The van der Waals surface area contributed by atoms with E-state index in [2.05, 4.69) is 158 Å². The van der Waals surface area contributed by atoms with Crippen molar-refractivity contribution >= 4 is 77.0 Å². The van der Waals surface area contributed by atoms with Crippen LogP contribution in [0.1, 0.15) is 0 Å². The highest BCUT2D eigenvalue weighted by Crippen LogP contribution is 2.46. The van der Waals surface area contributed by atoms with E-state index in [1.165, 1.54) is 70.5 Å². The summed E-state index contributed by atoms with van der Waals surface area (Å²) in [6.07, 6.45) is 0. The van der Waals surface area contributed by atoms with Gasteiger partial charge in [0, 0.05) is 5.46 Å². The topological polar surface area (TPSA) is 18.5 Å². The number of rotatable bonds is 2. The molecule has 2 heterocycles. The highest BCUT2D eigenvalue weighted by molar-refractivity contribution is 6.98. The molecule has 3 heteroatoms. The van der Waals surface area contributed by atoms with Gasteiger partial charge >= 0.3 is 0 Å². The summed E-state index contributed by atoms with van der Waals surface area (Å²) >= 11 is 0. The van der Waals surface area contributed by atoms with Crippen molar-refractivity contribution in [3.05, 3.63) is 176 Å². The summed E-state index contributed by atoms with van der Waals surface area (Å²) in [5, 5.41) is 12.8. The molecule has 0 amide bonds. The molecular formula is C50H29BO2. The maximum absolute atomic E-state index is 6.69. The number of hydrogen-bond acceptors (Lipinski definition) is 2. The molecule has 0 aromatic heterocycles. The molecule has 0 atom stereocenters. The van der Waals surface area contributed by atoms with Gasteiger partial charge in [0.05, 0.1) is 0 Å². The first-order valence-corrected chi connectivity index (χ1v) is 18.3. The van der Waals surface area contributed by atoms with Crippen LogP contribution >= 0.6 is 0 Å². The fraction of sp³-hybridized carbons (Fsp3) is 0. The minimum atomic E-state index is 0.0521. The van der Waals surface area contributed by atoms with Crippen LogP contribution in [0.25, 0.3) is 76.1 Å². The Labute approximate surface area is 306 Å². The van der Waals surface area contributed by atoms with E-state index < -0.39 is 0 Å². The first-order valence-electron chi connectivity index (χ1n) is 18.3. The SMILES string of the molecule is c1ccc(-c2ccc3c4ccc(-c5ccc6c(c5)Oc5cccc7c5B6c5ccccc5O7)cc4c4c5ccccc5c5ccccc5c4c3c2)cc1. The largest absolute Gasteiger partial charge is 0.458 e. The second-order valence-corrected chi connectivity index (χ2v) is 14.3. The molecule has 2 nitrogen and oxygen atoms in total. The molecule has 53 heavy (non-hydrogen) atoms. The molecule has 0 spiro atoms. The van der Waals surface area contributed by atoms with E-state index in [-0.39, 0.29) is 6.71 Å². The molecule has 0 saturated heterocycles. The zero-order chi connectivity index (χ0) is 34.6. The van der Waals surface area contributed by atoms with Crippen LogP contribution in [0.4, 0.5) is 0 Å². The quantitative estimate of drug-likeness (QED) is 0.134. The van der Waals surface area contributed by atoms with Crippen LogP contribution in [-0.2, 0) is 0 Å². The van der Waals surface area contributed by atoms with Crippen molar-refractivity contribution in [1.29, 1.82) is 0 Å². The molecule has 0 unspecified atom stereocenters. The Morgan fingerprint density at radius 2 is 0.755 bits per heavy atom. The molecule has 0 N–H and O–H groups in total. The summed E-state index contributed by atoms with van der Waals surface area (Å²) in [6.45, 7) is 0.0521.